The van der Waals surface area contributed by atoms with Gasteiger partial charge in [-0.15, -0.1) is 11.3 Å². The number of hydrogen-bond donors (Lipinski definition) is 0. The summed E-state index contributed by atoms with van der Waals surface area (Å²) in [5, 5.41) is 2.00. The Kier molecular flexibility index (Phi) is 5.08. The Morgan fingerprint density at radius 2 is 1.52 bits per heavy atom. The summed E-state index contributed by atoms with van der Waals surface area (Å²) in [6.45, 7) is 0. The fraction of sp³-hybridized carbons (Fsp3) is 0.136. The van der Waals surface area contributed by atoms with Crippen molar-refractivity contribution in [2.45, 2.75) is 18.8 Å². The van der Waals surface area contributed by atoms with E-state index in [1.807, 2.05) is 40.8 Å². The average molecular weight is 395 g/mol. The van der Waals surface area contributed by atoms with Crippen molar-refractivity contribution < 1.29 is 8.78 Å². The summed E-state index contributed by atoms with van der Waals surface area (Å²) in [6, 6.07) is 14.6. The Morgan fingerprint density at radius 3 is 2.15 bits per heavy atom. The van der Waals surface area contributed by atoms with Crippen LogP contribution in [0.5, 0.6) is 0 Å². The zero-order valence-electron chi connectivity index (χ0n) is 14.3. The van der Waals surface area contributed by atoms with Crippen LogP contribution in [0, 0.1) is 11.6 Å². The molecule has 134 valence electrons. The van der Waals surface area contributed by atoms with Crippen LogP contribution in [0.15, 0.2) is 65.7 Å². The molecule has 0 fully saturated rings. The number of benzene rings is 2. The first-order valence-electron chi connectivity index (χ1n) is 8.58. The third-order valence-corrected chi connectivity index (χ3v) is 6.10. The van der Waals surface area contributed by atoms with Gasteiger partial charge in [-0.05, 0) is 66.0 Å². The van der Waals surface area contributed by atoms with Crippen LogP contribution in [-0.2, 0) is 0 Å². The second kappa shape index (κ2) is 7.65. The van der Waals surface area contributed by atoms with Gasteiger partial charge in [0.25, 0.3) is 0 Å². The predicted molar refractivity (Wildman–Crippen MR) is 111 cm³/mol. The minimum atomic E-state index is -0.750. The van der Waals surface area contributed by atoms with Crippen molar-refractivity contribution in [3.05, 3.63) is 77.2 Å². The average Bonchev–Trinajstić information content (AvgIpc) is 3.36. The zero-order chi connectivity index (χ0) is 18.8. The molecule has 0 spiro atoms. The third kappa shape index (κ3) is 3.67. The van der Waals surface area contributed by atoms with Gasteiger partial charge in [0.05, 0.1) is 5.16 Å². The second-order valence-corrected chi connectivity index (χ2v) is 7.71. The largest absolute Gasteiger partial charge is 0.204 e. The maximum Gasteiger partial charge on any atom is 0.153 e. The van der Waals surface area contributed by atoms with Gasteiger partial charge in [0.15, 0.2) is 11.6 Å². The predicted octanol–water partition coefficient (Wildman–Crippen LogP) is 7.53. The van der Waals surface area contributed by atoms with Crippen molar-refractivity contribution in [1.82, 2.24) is 0 Å². The van der Waals surface area contributed by atoms with Crippen LogP contribution in [0.4, 0.5) is 14.5 Å². The molecule has 5 heteroatoms. The highest BCUT2D eigenvalue weighted by atomic mass is 32.1. The number of thiophene rings is 1. The molecule has 2 aromatic carbocycles. The molecule has 3 aromatic rings. The number of thiocarbonyl (C=S) groups is 1. The highest BCUT2D eigenvalue weighted by Crippen LogP contribution is 2.38. The summed E-state index contributed by atoms with van der Waals surface area (Å²) in [5.41, 5.74) is 1.90. The Labute approximate surface area is 165 Å². The number of allylic oxidation sites excluding steroid dienone is 2. The Hall–Kier alpha value is -2.46. The lowest BCUT2D eigenvalue weighted by molar-refractivity contribution is 0.588. The lowest BCUT2D eigenvalue weighted by atomic mass is 10.0. The molecule has 0 saturated carbocycles. The van der Waals surface area contributed by atoms with Crippen molar-refractivity contribution in [1.29, 1.82) is 0 Å². The van der Waals surface area contributed by atoms with Crippen LogP contribution in [0.3, 0.4) is 0 Å². The first-order valence-corrected chi connectivity index (χ1v) is 9.80. The number of isothiocyanates is 1. The molecule has 0 radical (unpaired) electrons. The standard InChI is InChI=1S/C22H15F2NS2/c23-18-11-17(12-19(24)22(18)25-13-26)14-5-7-16(8-6-14)21-10-9-20(27-21)15-3-1-2-4-15/h1-2,5-12,15H,3-4H2. The lowest BCUT2D eigenvalue weighted by Crippen LogP contribution is -1.87. The first kappa shape index (κ1) is 17.9. The SMILES string of the molecule is Fc1cc(-c2ccc(-c3ccc(C4CC=CC4)s3)cc2)cc(F)c1N=C=S. The zero-order valence-corrected chi connectivity index (χ0v) is 15.9. The number of rotatable bonds is 4. The maximum atomic E-state index is 14.1. The summed E-state index contributed by atoms with van der Waals surface area (Å²) in [6.07, 6.45) is 6.69. The highest BCUT2D eigenvalue weighted by molar-refractivity contribution is 7.78. The highest BCUT2D eigenvalue weighted by Gasteiger charge is 2.16. The van der Waals surface area contributed by atoms with Gasteiger partial charge in [0.1, 0.15) is 5.69 Å². The molecule has 1 aromatic heterocycles. The summed E-state index contributed by atoms with van der Waals surface area (Å²) >= 11 is 6.23. The molecule has 27 heavy (non-hydrogen) atoms. The molecule has 4 rings (SSSR count). The van der Waals surface area contributed by atoms with Crippen molar-refractivity contribution in [2.24, 2.45) is 4.99 Å². The summed E-state index contributed by atoms with van der Waals surface area (Å²) in [7, 11) is 0. The molecule has 1 nitrogen and oxygen atoms in total. The smallest absolute Gasteiger partial charge is 0.153 e. The summed E-state index contributed by atoms with van der Waals surface area (Å²) in [4.78, 5) is 6.04. The molecule has 0 atom stereocenters. The van der Waals surface area contributed by atoms with Crippen LogP contribution >= 0.6 is 23.6 Å². The van der Waals surface area contributed by atoms with Gasteiger partial charge >= 0.3 is 0 Å². The molecule has 0 bridgehead atoms. The Morgan fingerprint density at radius 1 is 0.889 bits per heavy atom. The number of nitrogens with zero attached hydrogens (tertiary/aromatic N) is 1. The quantitative estimate of drug-likeness (QED) is 0.253. The van der Waals surface area contributed by atoms with E-state index in [1.165, 1.54) is 21.9 Å². The van der Waals surface area contributed by atoms with Gasteiger partial charge in [-0.2, -0.15) is 4.99 Å². The summed E-state index contributed by atoms with van der Waals surface area (Å²) < 4.78 is 28.1. The Bertz CT molecular complexity index is 1030. The van der Waals surface area contributed by atoms with E-state index in [4.69, 9.17) is 0 Å². The second-order valence-electron chi connectivity index (χ2n) is 6.41. The van der Waals surface area contributed by atoms with Gasteiger partial charge in [-0.25, -0.2) is 8.78 Å². The minimum Gasteiger partial charge on any atom is -0.204 e. The molecule has 1 heterocycles. The first-order chi connectivity index (χ1) is 13.2. The van der Waals surface area contributed by atoms with E-state index < -0.39 is 17.3 Å². The lowest BCUT2D eigenvalue weighted by Gasteiger charge is -2.07. The number of aliphatic imine (C=N–C) groups is 1. The number of halogens is 2. The number of hydrogen-bond acceptors (Lipinski definition) is 3. The van der Waals surface area contributed by atoms with Gasteiger partial charge in [-0.1, -0.05) is 36.4 Å². The monoisotopic (exact) mass is 395 g/mol. The minimum absolute atomic E-state index is 0.405. The van der Waals surface area contributed by atoms with Crippen LogP contribution in [0.1, 0.15) is 23.6 Å². The molecule has 0 aliphatic heterocycles. The van der Waals surface area contributed by atoms with Crippen molar-refractivity contribution in [3.63, 3.8) is 0 Å². The fourth-order valence-electron chi connectivity index (χ4n) is 3.29. The van der Waals surface area contributed by atoms with Crippen LogP contribution < -0.4 is 0 Å². The van der Waals surface area contributed by atoms with Crippen molar-refractivity contribution in [3.8, 4) is 21.6 Å². The van der Waals surface area contributed by atoms with Crippen LogP contribution in [0.2, 0.25) is 0 Å². The van der Waals surface area contributed by atoms with Crippen LogP contribution in [-0.4, -0.2) is 5.16 Å². The van der Waals surface area contributed by atoms with Crippen molar-refractivity contribution in [2.75, 3.05) is 0 Å². The van der Waals surface area contributed by atoms with E-state index in [-0.39, 0.29) is 0 Å². The normalized spacial score (nSPS) is 13.7. The van der Waals surface area contributed by atoms with Crippen molar-refractivity contribution >= 4 is 34.4 Å². The molecule has 1 aliphatic carbocycles. The molecular formula is C22H15F2NS2. The van der Waals surface area contributed by atoms with Gasteiger partial charge in [0, 0.05) is 15.7 Å². The molecule has 0 amide bonds. The molecule has 1 aliphatic rings. The van der Waals surface area contributed by atoms with E-state index in [0.717, 1.165) is 24.0 Å². The van der Waals surface area contributed by atoms with E-state index >= 15 is 0 Å². The topological polar surface area (TPSA) is 12.4 Å². The Balaban J connectivity index is 1.60. The summed E-state index contributed by atoms with van der Waals surface area (Å²) in [5.74, 6) is -0.901. The van der Waals surface area contributed by atoms with Gasteiger partial charge in [-0.3, -0.25) is 0 Å². The van der Waals surface area contributed by atoms with E-state index in [9.17, 15) is 8.78 Å². The van der Waals surface area contributed by atoms with Gasteiger partial charge in [0.2, 0.25) is 0 Å². The van der Waals surface area contributed by atoms with E-state index in [2.05, 4.69) is 41.5 Å². The van der Waals surface area contributed by atoms with E-state index in [0.29, 0.717) is 11.5 Å². The molecule has 0 saturated heterocycles. The van der Waals surface area contributed by atoms with Gasteiger partial charge < -0.3 is 0 Å². The molecule has 0 N–H and O–H groups in total. The molecule has 0 unspecified atom stereocenters. The maximum absolute atomic E-state index is 14.1. The third-order valence-electron chi connectivity index (χ3n) is 4.71. The van der Waals surface area contributed by atoms with Crippen LogP contribution in [0.25, 0.3) is 21.6 Å². The fourth-order valence-corrected chi connectivity index (χ4v) is 4.52. The van der Waals surface area contributed by atoms with E-state index in [1.54, 1.807) is 0 Å². The molecular weight excluding hydrogens is 380 g/mol.